The third-order valence-corrected chi connectivity index (χ3v) is 4.75. The number of non-ortho nitro benzene ring substituents is 1. The van der Waals surface area contributed by atoms with Crippen LogP contribution < -0.4 is 5.32 Å². The van der Waals surface area contributed by atoms with Crippen molar-refractivity contribution in [3.63, 3.8) is 0 Å². The highest BCUT2D eigenvalue weighted by Gasteiger charge is 2.39. The highest BCUT2D eigenvalue weighted by atomic mass is 32.2. The molecule has 1 atom stereocenters. The molecule has 1 fully saturated rings. The van der Waals surface area contributed by atoms with Gasteiger partial charge in [-0.3, -0.25) is 29.6 Å². The van der Waals surface area contributed by atoms with Crippen LogP contribution in [0.15, 0.2) is 29.3 Å². The number of amides is 2. The predicted molar refractivity (Wildman–Crippen MR) is 86.4 cm³/mol. The van der Waals surface area contributed by atoms with Crippen molar-refractivity contribution in [3.8, 4) is 0 Å². The molecule has 120 valence electrons. The Kier molecular flexibility index (Phi) is 4.28. The lowest BCUT2D eigenvalue weighted by molar-refractivity contribution is -0.384. The van der Waals surface area contributed by atoms with E-state index in [1.54, 1.807) is 4.90 Å². The van der Waals surface area contributed by atoms with E-state index in [-0.39, 0.29) is 23.9 Å². The summed E-state index contributed by atoms with van der Waals surface area (Å²) in [5.41, 5.74) is 0.422. The van der Waals surface area contributed by atoms with Crippen molar-refractivity contribution in [2.24, 2.45) is 4.99 Å². The molecule has 1 N–H and O–H groups in total. The molecule has 0 bridgehead atoms. The van der Waals surface area contributed by atoms with E-state index in [0.29, 0.717) is 23.9 Å². The zero-order chi connectivity index (χ0) is 16.4. The van der Waals surface area contributed by atoms with Crippen LogP contribution in [0.25, 0.3) is 0 Å². The number of anilines is 1. The molecular weight excluding hydrogens is 320 g/mol. The SMILES string of the molecule is O=C(CC1SC2=NCCCN2C1=O)Nc1ccc([N+](=O)[O-])cc1. The maximum atomic E-state index is 12.2. The molecule has 23 heavy (non-hydrogen) atoms. The van der Waals surface area contributed by atoms with Gasteiger partial charge < -0.3 is 5.32 Å². The Morgan fingerprint density at radius 3 is 2.83 bits per heavy atom. The number of benzene rings is 1. The fraction of sp³-hybridized carbons (Fsp3) is 0.357. The first-order valence-corrected chi connectivity index (χ1v) is 7.99. The third-order valence-electron chi connectivity index (χ3n) is 3.54. The van der Waals surface area contributed by atoms with Crippen molar-refractivity contribution < 1.29 is 14.5 Å². The Hall–Kier alpha value is -2.42. The normalized spacial score (nSPS) is 20.0. The minimum atomic E-state index is -0.504. The zero-order valence-electron chi connectivity index (χ0n) is 12.1. The van der Waals surface area contributed by atoms with Gasteiger partial charge in [-0.25, -0.2) is 0 Å². The average Bonchev–Trinajstić information content (AvgIpc) is 2.84. The van der Waals surface area contributed by atoms with Crippen LogP contribution in [0.2, 0.25) is 0 Å². The first kappa shape index (κ1) is 15.5. The van der Waals surface area contributed by atoms with Crippen molar-refractivity contribution >= 4 is 40.1 Å². The second kappa shape index (κ2) is 6.37. The van der Waals surface area contributed by atoms with Crippen LogP contribution >= 0.6 is 11.8 Å². The summed E-state index contributed by atoms with van der Waals surface area (Å²) in [5, 5.41) is 13.5. The van der Waals surface area contributed by atoms with E-state index in [2.05, 4.69) is 10.3 Å². The standard InChI is InChI=1S/C14H14N4O4S/c19-12(16-9-2-4-10(5-3-9)18(21)22)8-11-13(20)17-7-1-6-15-14(17)23-11/h2-5,11H,1,6-8H2,(H,16,19). The summed E-state index contributed by atoms with van der Waals surface area (Å²) in [7, 11) is 0. The first-order chi connectivity index (χ1) is 11.0. The Morgan fingerprint density at radius 1 is 1.43 bits per heavy atom. The Balaban J connectivity index is 1.59. The van der Waals surface area contributed by atoms with Gasteiger partial charge in [-0.1, -0.05) is 11.8 Å². The maximum Gasteiger partial charge on any atom is 0.269 e. The monoisotopic (exact) mass is 334 g/mol. The minimum absolute atomic E-state index is 0.0422. The number of hydrogen-bond acceptors (Lipinski definition) is 6. The summed E-state index contributed by atoms with van der Waals surface area (Å²) in [5.74, 6) is -0.377. The van der Waals surface area contributed by atoms with Gasteiger partial charge in [-0.2, -0.15) is 0 Å². The molecule has 8 nitrogen and oxygen atoms in total. The number of carbonyl (C=O) groups is 2. The summed E-state index contributed by atoms with van der Waals surface area (Å²) in [4.78, 5) is 40.3. The van der Waals surface area contributed by atoms with E-state index in [0.717, 1.165) is 6.42 Å². The molecule has 3 rings (SSSR count). The Labute approximate surface area is 136 Å². The topological polar surface area (TPSA) is 105 Å². The van der Waals surface area contributed by atoms with E-state index in [4.69, 9.17) is 0 Å². The average molecular weight is 334 g/mol. The quantitative estimate of drug-likeness (QED) is 0.665. The molecule has 1 saturated heterocycles. The largest absolute Gasteiger partial charge is 0.326 e. The van der Waals surface area contributed by atoms with E-state index < -0.39 is 10.2 Å². The molecule has 1 aromatic carbocycles. The van der Waals surface area contributed by atoms with Crippen molar-refractivity contribution in [2.75, 3.05) is 18.4 Å². The van der Waals surface area contributed by atoms with E-state index in [9.17, 15) is 19.7 Å². The van der Waals surface area contributed by atoms with Gasteiger partial charge in [0.2, 0.25) is 11.8 Å². The van der Waals surface area contributed by atoms with E-state index >= 15 is 0 Å². The van der Waals surface area contributed by atoms with Crippen molar-refractivity contribution in [2.45, 2.75) is 18.1 Å². The molecule has 0 spiro atoms. The zero-order valence-corrected chi connectivity index (χ0v) is 12.9. The van der Waals surface area contributed by atoms with E-state index in [1.807, 2.05) is 0 Å². The number of nitrogens with one attached hydrogen (secondary N) is 1. The van der Waals surface area contributed by atoms with Gasteiger partial charge in [-0.15, -0.1) is 0 Å². The molecule has 0 aliphatic carbocycles. The third kappa shape index (κ3) is 3.34. The van der Waals surface area contributed by atoms with Crippen LogP contribution in [-0.4, -0.2) is 45.1 Å². The number of fused-ring (bicyclic) bond motifs is 1. The summed E-state index contributed by atoms with van der Waals surface area (Å²) in [6.07, 6.45) is 0.896. The number of nitro groups is 1. The molecule has 0 aromatic heterocycles. The second-order valence-electron chi connectivity index (χ2n) is 5.17. The highest BCUT2D eigenvalue weighted by molar-refractivity contribution is 8.15. The number of carbonyl (C=O) groups excluding carboxylic acids is 2. The Bertz CT molecular complexity index is 689. The first-order valence-electron chi connectivity index (χ1n) is 7.11. The van der Waals surface area contributed by atoms with Crippen LogP contribution in [0.1, 0.15) is 12.8 Å². The van der Waals surface area contributed by atoms with Crippen molar-refractivity contribution in [3.05, 3.63) is 34.4 Å². The number of thioether (sulfide) groups is 1. The van der Waals surface area contributed by atoms with Gasteiger partial charge in [0.1, 0.15) is 5.25 Å². The molecule has 0 saturated carbocycles. The van der Waals surface area contributed by atoms with Gasteiger partial charge in [0.25, 0.3) is 5.69 Å². The van der Waals surface area contributed by atoms with Crippen LogP contribution in [0.3, 0.4) is 0 Å². The Morgan fingerprint density at radius 2 is 2.17 bits per heavy atom. The van der Waals surface area contributed by atoms with Crippen LogP contribution in [0.4, 0.5) is 11.4 Å². The maximum absolute atomic E-state index is 12.2. The van der Waals surface area contributed by atoms with E-state index in [1.165, 1.54) is 36.0 Å². The van der Waals surface area contributed by atoms with Gasteiger partial charge in [0, 0.05) is 37.3 Å². The van der Waals surface area contributed by atoms with Crippen LogP contribution in [0, 0.1) is 10.1 Å². The van der Waals surface area contributed by atoms with Crippen LogP contribution in [0.5, 0.6) is 0 Å². The number of rotatable bonds is 4. The molecule has 2 aliphatic rings. The smallest absolute Gasteiger partial charge is 0.269 e. The molecule has 1 unspecified atom stereocenters. The molecule has 0 radical (unpaired) electrons. The molecule has 2 heterocycles. The molecule has 9 heteroatoms. The second-order valence-corrected chi connectivity index (χ2v) is 6.34. The summed E-state index contributed by atoms with van der Waals surface area (Å²) in [6, 6.07) is 5.57. The molecular formula is C14H14N4O4S. The number of aliphatic imine (C=N–C) groups is 1. The van der Waals surface area contributed by atoms with Gasteiger partial charge >= 0.3 is 0 Å². The lowest BCUT2D eigenvalue weighted by Gasteiger charge is -2.19. The molecule has 2 amide bonds. The highest BCUT2D eigenvalue weighted by Crippen LogP contribution is 2.31. The molecule has 1 aromatic rings. The number of amidine groups is 1. The number of nitrogens with zero attached hydrogens (tertiary/aromatic N) is 3. The number of nitro benzene ring substituents is 1. The minimum Gasteiger partial charge on any atom is -0.326 e. The van der Waals surface area contributed by atoms with Crippen LogP contribution in [-0.2, 0) is 9.59 Å². The van der Waals surface area contributed by atoms with Gasteiger partial charge in [-0.05, 0) is 18.6 Å². The lowest BCUT2D eigenvalue weighted by Crippen LogP contribution is -2.36. The molecule has 2 aliphatic heterocycles. The summed E-state index contributed by atoms with van der Waals surface area (Å²) >= 11 is 1.32. The lowest BCUT2D eigenvalue weighted by atomic mass is 10.2. The van der Waals surface area contributed by atoms with Gasteiger partial charge in [0.15, 0.2) is 5.17 Å². The fourth-order valence-electron chi connectivity index (χ4n) is 2.42. The van der Waals surface area contributed by atoms with Crippen molar-refractivity contribution in [1.29, 1.82) is 0 Å². The number of hydrogen-bond donors (Lipinski definition) is 1. The fourth-order valence-corrected chi connectivity index (χ4v) is 3.61. The summed E-state index contributed by atoms with van der Waals surface area (Å²) < 4.78 is 0. The van der Waals surface area contributed by atoms with Gasteiger partial charge in [0.05, 0.1) is 4.92 Å². The predicted octanol–water partition coefficient (Wildman–Crippen LogP) is 1.63. The van der Waals surface area contributed by atoms with Crippen molar-refractivity contribution in [1.82, 2.24) is 4.90 Å². The summed E-state index contributed by atoms with van der Waals surface area (Å²) in [6.45, 7) is 1.37.